The number of rotatable bonds is 3. The standard InChI is InChI=1S/C11H10Cl2O/c12-8-2-1-3-9(13)11(8)10(14)6-7-4-5-7/h1-3,7H,4-6H2. The van der Waals surface area contributed by atoms with Crippen LogP contribution in [-0.4, -0.2) is 5.78 Å². The highest BCUT2D eigenvalue weighted by molar-refractivity contribution is 6.39. The van der Waals surface area contributed by atoms with Crippen molar-refractivity contribution in [3.8, 4) is 0 Å². The molecule has 0 radical (unpaired) electrons. The van der Waals surface area contributed by atoms with Gasteiger partial charge in [-0.05, 0) is 30.9 Å². The van der Waals surface area contributed by atoms with E-state index < -0.39 is 0 Å². The highest BCUT2D eigenvalue weighted by atomic mass is 35.5. The van der Waals surface area contributed by atoms with Crippen LogP contribution in [0.2, 0.25) is 10.0 Å². The third-order valence-corrected chi connectivity index (χ3v) is 3.04. The van der Waals surface area contributed by atoms with Gasteiger partial charge < -0.3 is 0 Å². The lowest BCUT2D eigenvalue weighted by Crippen LogP contribution is -2.01. The van der Waals surface area contributed by atoms with Crippen LogP contribution in [0.1, 0.15) is 29.6 Å². The van der Waals surface area contributed by atoms with Crippen molar-refractivity contribution in [2.24, 2.45) is 5.92 Å². The van der Waals surface area contributed by atoms with E-state index in [0.29, 0.717) is 27.9 Å². The molecule has 1 aromatic rings. The lowest BCUT2D eigenvalue weighted by atomic mass is 10.1. The molecule has 2 rings (SSSR count). The summed E-state index contributed by atoms with van der Waals surface area (Å²) in [5.74, 6) is 0.637. The van der Waals surface area contributed by atoms with E-state index in [1.54, 1.807) is 18.2 Å². The normalized spacial score (nSPS) is 15.6. The first-order chi connectivity index (χ1) is 6.68. The van der Waals surface area contributed by atoms with E-state index >= 15 is 0 Å². The lowest BCUT2D eigenvalue weighted by molar-refractivity contribution is 0.0976. The molecule has 74 valence electrons. The van der Waals surface area contributed by atoms with Crippen molar-refractivity contribution in [3.05, 3.63) is 33.8 Å². The number of ketones is 1. The molecule has 1 aliphatic carbocycles. The Bertz CT molecular complexity index is 349. The number of carbonyl (C=O) groups is 1. The zero-order chi connectivity index (χ0) is 10.1. The molecule has 1 saturated carbocycles. The highest BCUT2D eigenvalue weighted by Crippen LogP contribution is 2.35. The molecule has 1 aliphatic rings. The molecule has 0 amide bonds. The minimum atomic E-state index is 0.0723. The average Bonchev–Trinajstić information content (AvgIpc) is 2.87. The van der Waals surface area contributed by atoms with Gasteiger partial charge in [0, 0.05) is 6.42 Å². The number of halogens is 2. The Morgan fingerprint density at radius 3 is 2.36 bits per heavy atom. The summed E-state index contributed by atoms with van der Waals surface area (Å²) in [6.07, 6.45) is 2.91. The minimum absolute atomic E-state index is 0.0723. The van der Waals surface area contributed by atoms with Crippen LogP contribution < -0.4 is 0 Å². The van der Waals surface area contributed by atoms with Crippen LogP contribution in [0.25, 0.3) is 0 Å². The molecular formula is C11H10Cl2O. The lowest BCUT2D eigenvalue weighted by Gasteiger charge is -2.04. The molecule has 0 heterocycles. The van der Waals surface area contributed by atoms with Gasteiger partial charge in [0.2, 0.25) is 0 Å². The quantitative estimate of drug-likeness (QED) is 0.716. The van der Waals surface area contributed by atoms with Crippen molar-refractivity contribution in [3.63, 3.8) is 0 Å². The summed E-state index contributed by atoms with van der Waals surface area (Å²) in [6.45, 7) is 0. The van der Waals surface area contributed by atoms with Gasteiger partial charge in [0.25, 0.3) is 0 Å². The monoisotopic (exact) mass is 228 g/mol. The van der Waals surface area contributed by atoms with Crippen LogP contribution in [0.4, 0.5) is 0 Å². The van der Waals surface area contributed by atoms with Gasteiger partial charge in [0.05, 0.1) is 15.6 Å². The van der Waals surface area contributed by atoms with Gasteiger partial charge in [0.15, 0.2) is 5.78 Å². The van der Waals surface area contributed by atoms with Gasteiger partial charge in [-0.3, -0.25) is 4.79 Å². The molecule has 0 aliphatic heterocycles. The summed E-state index contributed by atoms with van der Waals surface area (Å²) >= 11 is 11.8. The van der Waals surface area contributed by atoms with Crippen LogP contribution in [-0.2, 0) is 0 Å². The Balaban J connectivity index is 2.24. The van der Waals surface area contributed by atoms with E-state index in [4.69, 9.17) is 23.2 Å². The molecule has 3 heteroatoms. The number of carbonyl (C=O) groups excluding carboxylic acids is 1. The molecule has 1 fully saturated rings. The van der Waals surface area contributed by atoms with Gasteiger partial charge in [-0.25, -0.2) is 0 Å². The van der Waals surface area contributed by atoms with E-state index in [1.165, 1.54) is 0 Å². The maximum atomic E-state index is 11.8. The molecule has 0 atom stereocenters. The fourth-order valence-electron chi connectivity index (χ4n) is 1.45. The summed E-state index contributed by atoms with van der Waals surface area (Å²) in [7, 11) is 0. The second-order valence-electron chi connectivity index (χ2n) is 3.67. The zero-order valence-corrected chi connectivity index (χ0v) is 9.11. The minimum Gasteiger partial charge on any atom is -0.294 e. The van der Waals surface area contributed by atoms with Gasteiger partial charge in [-0.2, -0.15) is 0 Å². The molecule has 0 aromatic heterocycles. The fraction of sp³-hybridized carbons (Fsp3) is 0.364. The highest BCUT2D eigenvalue weighted by Gasteiger charge is 2.26. The second-order valence-corrected chi connectivity index (χ2v) is 4.48. The second kappa shape index (κ2) is 3.92. The van der Waals surface area contributed by atoms with Crippen molar-refractivity contribution in [2.75, 3.05) is 0 Å². The van der Waals surface area contributed by atoms with E-state index in [0.717, 1.165) is 12.8 Å². The molecular weight excluding hydrogens is 219 g/mol. The van der Waals surface area contributed by atoms with Crippen LogP contribution in [0, 0.1) is 5.92 Å². The molecule has 0 N–H and O–H groups in total. The molecule has 0 bridgehead atoms. The third-order valence-electron chi connectivity index (χ3n) is 2.41. The topological polar surface area (TPSA) is 17.1 Å². The summed E-state index contributed by atoms with van der Waals surface area (Å²) in [4.78, 5) is 11.8. The predicted octanol–water partition coefficient (Wildman–Crippen LogP) is 3.98. The molecule has 0 saturated heterocycles. The maximum Gasteiger partial charge on any atom is 0.166 e. The van der Waals surface area contributed by atoms with Crippen molar-refractivity contribution in [2.45, 2.75) is 19.3 Å². The average molecular weight is 229 g/mol. The Labute approximate surface area is 93.0 Å². The first-order valence-corrected chi connectivity index (χ1v) is 5.41. The maximum absolute atomic E-state index is 11.8. The van der Waals surface area contributed by atoms with E-state index in [1.807, 2.05) is 0 Å². The van der Waals surface area contributed by atoms with Crippen molar-refractivity contribution >= 4 is 29.0 Å². The summed E-state index contributed by atoms with van der Waals surface area (Å²) in [5.41, 5.74) is 0.489. The number of hydrogen-bond acceptors (Lipinski definition) is 1. The molecule has 1 aromatic carbocycles. The number of benzene rings is 1. The number of Topliss-reactive ketones (excluding diaryl/α,β-unsaturated/α-hetero) is 1. The smallest absolute Gasteiger partial charge is 0.166 e. The fourth-order valence-corrected chi connectivity index (χ4v) is 2.06. The molecule has 0 unspecified atom stereocenters. The number of hydrogen-bond donors (Lipinski definition) is 0. The van der Waals surface area contributed by atoms with Crippen molar-refractivity contribution in [1.82, 2.24) is 0 Å². The van der Waals surface area contributed by atoms with Gasteiger partial charge in [-0.1, -0.05) is 29.3 Å². The first-order valence-electron chi connectivity index (χ1n) is 4.65. The largest absolute Gasteiger partial charge is 0.294 e. The van der Waals surface area contributed by atoms with Gasteiger partial charge >= 0.3 is 0 Å². The van der Waals surface area contributed by atoms with Crippen LogP contribution in [0.3, 0.4) is 0 Å². The van der Waals surface area contributed by atoms with Crippen LogP contribution in [0.15, 0.2) is 18.2 Å². The van der Waals surface area contributed by atoms with Crippen LogP contribution >= 0.6 is 23.2 Å². The van der Waals surface area contributed by atoms with E-state index in [-0.39, 0.29) is 5.78 Å². The van der Waals surface area contributed by atoms with E-state index in [9.17, 15) is 4.79 Å². The Kier molecular flexibility index (Phi) is 2.80. The Morgan fingerprint density at radius 2 is 1.86 bits per heavy atom. The van der Waals surface area contributed by atoms with E-state index in [2.05, 4.69) is 0 Å². The van der Waals surface area contributed by atoms with Crippen molar-refractivity contribution < 1.29 is 4.79 Å². The molecule has 14 heavy (non-hydrogen) atoms. The summed E-state index contributed by atoms with van der Waals surface area (Å²) in [6, 6.07) is 5.15. The van der Waals surface area contributed by atoms with Crippen molar-refractivity contribution in [1.29, 1.82) is 0 Å². The first kappa shape index (κ1) is 10.0. The molecule has 1 nitrogen and oxygen atoms in total. The third kappa shape index (κ3) is 2.10. The van der Waals surface area contributed by atoms with Gasteiger partial charge in [0.1, 0.15) is 0 Å². The SMILES string of the molecule is O=C(CC1CC1)c1c(Cl)cccc1Cl. The Morgan fingerprint density at radius 1 is 1.29 bits per heavy atom. The summed E-state index contributed by atoms with van der Waals surface area (Å²) in [5, 5.41) is 0.923. The predicted molar refractivity (Wildman–Crippen MR) is 58.1 cm³/mol. The van der Waals surface area contributed by atoms with Gasteiger partial charge in [-0.15, -0.1) is 0 Å². The summed E-state index contributed by atoms with van der Waals surface area (Å²) < 4.78 is 0. The molecule has 0 spiro atoms. The Hall–Kier alpha value is -0.530. The van der Waals surface area contributed by atoms with Crippen LogP contribution in [0.5, 0.6) is 0 Å². The zero-order valence-electron chi connectivity index (χ0n) is 7.59.